The van der Waals surface area contributed by atoms with Crippen LogP contribution in [-0.2, 0) is 4.74 Å². The molecule has 0 radical (unpaired) electrons. The molecule has 2 N–H and O–H groups in total. The minimum atomic E-state index is -0.227. The van der Waals surface area contributed by atoms with E-state index in [9.17, 15) is 4.79 Å². The van der Waals surface area contributed by atoms with Gasteiger partial charge in [-0.05, 0) is 50.1 Å². The smallest absolute Gasteiger partial charge is 0.409 e. The third-order valence-electron chi connectivity index (χ3n) is 4.67. The molecule has 3 rings (SSSR count). The molecule has 2 aromatic rings. The Balaban J connectivity index is 1.54. The predicted octanol–water partition coefficient (Wildman–Crippen LogP) is 3.32. The molecule has 1 saturated heterocycles. The van der Waals surface area contributed by atoms with Gasteiger partial charge in [-0.1, -0.05) is 0 Å². The van der Waals surface area contributed by atoms with E-state index in [4.69, 9.17) is 4.74 Å². The first kappa shape index (κ1) is 19.7. The topological polar surface area (TPSA) is 82.6 Å². The molecule has 8 heteroatoms. The van der Waals surface area contributed by atoms with Crippen molar-refractivity contribution in [2.75, 3.05) is 49.3 Å². The highest BCUT2D eigenvalue weighted by atomic mass is 16.6. The van der Waals surface area contributed by atoms with Gasteiger partial charge in [-0.25, -0.2) is 9.78 Å². The van der Waals surface area contributed by atoms with E-state index in [1.54, 1.807) is 11.1 Å². The third kappa shape index (κ3) is 5.25. The van der Waals surface area contributed by atoms with Crippen LogP contribution in [0, 0.1) is 0 Å². The number of amides is 1. The standard InChI is InChI=1S/C20H28N6O2/c1-4-28-20(27)26-13-10-16(11-14-26)22-18-9-12-21-19(24-18)23-15-5-7-17(8-6-15)25(2)3/h5-9,12,16H,4,10-11,13-14H2,1-3H3,(H2,21,22,23,24). The second-order valence-electron chi connectivity index (χ2n) is 6.94. The van der Waals surface area contributed by atoms with Crippen molar-refractivity contribution < 1.29 is 9.53 Å². The van der Waals surface area contributed by atoms with Crippen LogP contribution in [0.3, 0.4) is 0 Å². The molecule has 0 spiro atoms. The summed E-state index contributed by atoms with van der Waals surface area (Å²) in [6.07, 6.45) is 3.23. The maximum atomic E-state index is 11.8. The second-order valence-corrected chi connectivity index (χ2v) is 6.94. The molecule has 1 fully saturated rings. The largest absolute Gasteiger partial charge is 0.450 e. The molecule has 1 aliphatic rings. The van der Waals surface area contributed by atoms with Crippen LogP contribution >= 0.6 is 0 Å². The Hall–Kier alpha value is -3.03. The Morgan fingerprint density at radius 1 is 1.21 bits per heavy atom. The minimum absolute atomic E-state index is 0.227. The summed E-state index contributed by atoms with van der Waals surface area (Å²) < 4.78 is 5.06. The molecule has 150 valence electrons. The Bertz CT molecular complexity index is 773. The molecule has 2 heterocycles. The number of likely N-dealkylation sites (tertiary alicyclic amines) is 1. The zero-order valence-electron chi connectivity index (χ0n) is 16.7. The van der Waals surface area contributed by atoms with Crippen LogP contribution in [-0.4, -0.2) is 60.8 Å². The molecule has 0 atom stereocenters. The van der Waals surface area contributed by atoms with E-state index < -0.39 is 0 Å². The number of anilines is 4. The first-order valence-corrected chi connectivity index (χ1v) is 9.61. The van der Waals surface area contributed by atoms with Gasteiger partial charge in [0.2, 0.25) is 5.95 Å². The Kier molecular flexibility index (Phi) is 6.52. The van der Waals surface area contributed by atoms with Gasteiger partial charge in [0, 0.05) is 50.8 Å². The van der Waals surface area contributed by atoms with Gasteiger partial charge in [-0.3, -0.25) is 0 Å². The SMILES string of the molecule is CCOC(=O)N1CCC(Nc2ccnc(Nc3ccc(N(C)C)cc3)n2)CC1. The van der Waals surface area contributed by atoms with E-state index in [1.165, 1.54) is 0 Å². The number of nitrogens with zero attached hydrogens (tertiary/aromatic N) is 4. The first-order valence-electron chi connectivity index (χ1n) is 9.61. The summed E-state index contributed by atoms with van der Waals surface area (Å²) >= 11 is 0. The van der Waals surface area contributed by atoms with Crippen molar-refractivity contribution in [2.45, 2.75) is 25.8 Å². The van der Waals surface area contributed by atoms with Gasteiger partial charge < -0.3 is 25.2 Å². The summed E-state index contributed by atoms with van der Waals surface area (Å²) in [6.45, 7) is 3.60. The Morgan fingerprint density at radius 2 is 1.93 bits per heavy atom. The molecule has 0 bridgehead atoms. The van der Waals surface area contributed by atoms with Crippen LogP contribution in [0.1, 0.15) is 19.8 Å². The van der Waals surface area contributed by atoms with E-state index in [0.29, 0.717) is 25.6 Å². The number of hydrogen-bond donors (Lipinski definition) is 2. The number of benzene rings is 1. The molecule has 28 heavy (non-hydrogen) atoms. The predicted molar refractivity (Wildman–Crippen MR) is 111 cm³/mol. The van der Waals surface area contributed by atoms with Gasteiger partial charge >= 0.3 is 6.09 Å². The van der Waals surface area contributed by atoms with Crippen molar-refractivity contribution in [3.05, 3.63) is 36.5 Å². The number of rotatable bonds is 6. The van der Waals surface area contributed by atoms with Crippen molar-refractivity contribution in [2.24, 2.45) is 0 Å². The minimum Gasteiger partial charge on any atom is -0.450 e. The second kappa shape index (κ2) is 9.25. The Morgan fingerprint density at radius 3 is 2.57 bits per heavy atom. The number of ether oxygens (including phenoxy) is 1. The Labute approximate surface area is 165 Å². The van der Waals surface area contributed by atoms with E-state index in [1.807, 2.05) is 51.4 Å². The van der Waals surface area contributed by atoms with Crippen molar-refractivity contribution in [1.29, 1.82) is 0 Å². The van der Waals surface area contributed by atoms with Crippen LogP contribution in [0.5, 0.6) is 0 Å². The molecule has 1 aliphatic heterocycles. The summed E-state index contributed by atoms with van der Waals surface area (Å²) in [7, 11) is 4.02. The molecular formula is C20H28N6O2. The number of carbonyl (C=O) groups is 1. The van der Waals surface area contributed by atoms with Crippen molar-refractivity contribution >= 4 is 29.2 Å². The van der Waals surface area contributed by atoms with Gasteiger partial charge in [0.1, 0.15) is 5.82 Å². The molecule has 1 amide bonds. The lowest BCUT2D eigenvalue weighted by Crippen LogP contribution is -2.42. The van der Waals surface area contributed by atoms with Crippen LogP contribution in [0.25, 0.3) is 0 Å². The van der Waals surface area contributed by atoms with Gasteiger partial charge in [-0.15, -0.1) is 0 Å². The fraction of sp³-hybridized carbons (Fsp3) is 0.450. The van der Waals surface area contributed by atoms with E-state index in [-0.39, 0.29) is 12.1 Å². The molecule has 8 nitrogen and oxygen atoms in total. The highest BCUT2D eigenvalue weighted by Gasteiger charge is 2.23. The van der Waals surface area contributed by atoms with Crippen LogP contribution in [0.2, 0.25) is 0 Å². The summed E-state index contributed by atoms with van der Waals surface area (Å²) in [4.78, 5) is 24.5. The van der Waals surface area contributed by atoms with Gasteiger partial charge in [0.05, 0.1) is 6.61 Å². The van der Waals surface area contributed by atoms with Crippen molar-refractivity contribution in [1.82, 2.24) is 14.9 Å². The average molecular weight is 384 g/mol. The lowest BCUT2D eigenvalue weighted by Gasteiger charge is -2.31. The van der Waals surface area contributed by atoms with Crippen LogP contribution in [0.15, 0.2) is 36.5 Å². The monoisotopic (exact) mass is 384 g/mol. The third-order valence-corrected chi connectivity index (χ3v) is 4.67. The van der Waals surface area contributed by atoms with E-state index >= 15 is 0 Å². The molecule has 1 aromatic heterocycles. The number of aromatic nitrogens is 2. The van der Waals surface area contributed by atoms with E-state index in [0.717, 1.165) is 30.0 Å². The summed E-state index contributed by atoms with van der Waals surface area (Å²) in [5.74, 6) is 1.32. The molecule has 0 aliphatic carbocycles. The summed E-state index contributed by atoms with van der Waals surface area (Å²) in [5, 5.41) is 6.68. The molecule has 0 unspecified atom stereocenters. The first-order chi connectivity index (χ1) is 13.5. The van der Waals surface area contributed by atoms with Crippen molar-refractivity contribution in [3.63, 3.8) is 0 Å². The summed E-state index contributed by atoms with van der Waals surface area (Å²) in [5.41, 5.74) is 2.07. The van der Waals surface area contributed by atoms with E-state index in [2.05, 4.69) is 25.5 Å². The molecule has 0 saturated carbocycles. The normalized spacial score (nSPS) is 14.5. The van der Waals surface area contributed by atoms with Crippen LogP contribution < -0.4 is 15.5 Å². The van der Waals surface area contributed by atoms with Gasteiger partial charge in [-0.2, -0.15) is 4.98 Å². The lowest BCUT2D eigenvalue weighted by atomic mass is 10.1. The summed E-state index contributed by atoms with van der Waals surface area (Å²) in [6, 6.07) is 10.2. The lowest BCUT2D eigenvalue weighted by molar-refractivity contribution is 0.0983. The molecular weight excluding hydrogens is 356 g/mol. The zero-order chi connectivity index (χ0) is 19.9. The van der Waals surface area contributed by atoms with Gasteiger partial charge in [0.25, 0.3) is 0 Å². The number of carbonyl (C=O) groups excluding carboxylic acids is 1. The fourth-order valence-electron chi connectivity index (χ4n) is 3.10. The maximum Gasteiger partial charge on any atom is 0.409 e. The maximum absolute atomic E-state index is 11.8. The fourth-order valence-corrected chi connectivity index (χ4v) is 3.10. The highest BCUT2D eigenvalue weighted by Crippen LogP contribution is 2.20. The van der Waals surface area contributed by atoms with Gasteiger partial charge in [0.15, 0.2) is 0 Å². The zero-order valence-corrected chi connectivity index (χ0v) is 16.7. The molecule has 1 aromatic carbocycles. The average Bonchev–Trinajstić information content (AvgIpc) is 2.69. The number of hydrogen-bond acceptors (Lipinski definition) is 7. The van der Waals surface area contributed by atoms with Crippen molar-refractivity contribution in [3.8, 4) is 0 Å². The quantitative estimate of drug-likeness (QED) is 0.790. The number of piperidine rings is 1. The highest BCUT2D eigenvalue weighted by molar-refractivity contribution is 5.67. The number of nitrogens with one attached hydrogen (secondary N) is 2. The van der Waals surface area contributed by atoms with Crippen LogP contribution in [0.4, 0.5) is 27.9 Å².